The highest BCUT2D eigenvalue weighted by atomic mass is 16.5. The lowest BCUT2D eigenvalue weighted by Crippen LogP contribution is -2.56. The number of carboxylic acids is 1. The first kappa shape index (κ1) is 13.4. The summed E-state index contributed by atoms with van der Waals surface area (Å²) in [5, 5.41) is 9.42. The number of piperidine rings is 1. The SMILES string of the molecule is CC1(C(=O)O)CCCN(C2CCOC3(CCC3)C2)C1. The van der Waals surface area contributed by atoms with Crippen LogP contribution >= 0.6 is 0 Å². The Kier molecular flexibility index (Phi) is 3.34. The molecule has 4 nitrogen and oxygen atoms in total. The van der Waals surface area contributed by atoms with Crippen LogP contribution in [0.1, 0.15) is 51.9 Å². The van der Waals surface area contributed by atoms with Crippen LogP contribution in [0.2, 0.25) is 0 Å². The van der Waals surface area contributed by atoms with Crippen molar-refractivity contribution in [1.82, 2.24) is 4.90 Å². The highest BCUT2D eigenvalue weighted by Crippen LogP contribution is 2.44. The van der Waals surface area contributed by atoms with Gasteiger partial charge in [-0.2, -0.15) is 0 Å². The topological polar surface area (TPSA) is 49.8 Å². The Morgan fingerprint density at radius 1 is 1.32 bits per heavy atom. The molecule has 4 heteroatoms. The third-order valence-electron chi connectivity index (χ3n) is 5.49. The molecular weight excluding hydrogens is 242 g/mol. The number of likely N-dealkylation sites (tertiary alicyclic amines) is 1. The summed E-state index contributed by atoms with van der Waals surface area (Å²) in [6.07, 6.45) is 7.70. The van der Waals surface area contributed by atoms with Crippen LogP contribution in [-0.2, 0) is 9.53 Å². The Bertz CT molecular complexity index is 366. The van der Waals surface area contributed by atoms with Crippen LogP contribution in [-0.4, -0.2) is 47.3 Å². The first-order valence-electron chi connectivity index (χ1n) is 7.65. The fraction of sp³-hybridized carbons (Fsp3) is 0.933. The van der Waals surface area contributed by atoms with E-state index in [1.54, 1.807) is 0 Å². The quantitative estimate of drug-likeness (QED) is 0.834. The lowest BCUT2D eigenvalue weighted by Gasteiger charge is -2.51. The molecule has 108 valence electrons. The monoisotopic (exact) mass is 267 g/mol. The molecule has 2 aliphatic heterocycles. The van der Waals surface area contributed by atoms with Crippen LogP contribution in [0.3, 0.4) is 0 Å². The van der Waals surface area contributed by atoms with Crippen LogP contribution in [0, 0.1) is 5.41 Å². The van der Waals surface area contributed by atoms with Crippen molar-refractivity contribution in [2.24, 2.45) is 5.41 Å². The van der Waals surface area contributed by atoms with Gasteiger partial charge in [-0.1, -0.05) is 0 Å². The molecule has 1 saturated carbocycles. The van der Waals surface area contributed by atoms with Crippen molar-refractivity contribution in [3.63, 3.8) is 0 Å². The van der Waals surface area contributed by atoms with Crippen molar-refractivity contribution in [2.75, 3.05) is 19.7 Å². The molecule has 2 atom stereocenters. The van der Waals surface area contributed by atoms with Gasteiger partial charge in [0, 0.05) is 19.2 Å². The number of aliphatic carboxylic acids is 1. The second kappa shape index (κ2) is 4.74. The van der Waals surface area contributed by atoms with Crippen LogP contribution in [0.5, 0.6) is 0 Å². The van der Waals surface area contributed by atoms with Gasteiger partial charge in [0.25, 0.3) is 0 Å². The Balaban J connectivity index is 1.66. The van der Waals surface area contributed by atoms with Crippen LogP contribution in [0.15, 0.2) is 0 Å². The van der Waals surface area contributed by atoms with E-state index in [4.69, 9.17) is 4.74 Å². The van der Waals surface area contributed by atoms with Crippen molar-refractivity contribution >= 4 is 5.97 Å². The predicted molar refractivity (Wildman–Crippen MR) is 72.1 cm³/mol. The lowest BCUT2D eigenvalue weighted by atomic mass is 9.72. The second-order valence-electron chi connectivity index (χ2n) is 6.97. The summed E-state index contributed by atoms with van der Waals surface area (Å²) in [7, 11) is 0. The maximum absolute atomic E-state index is 11.4. The number of carboxylic acid groups (broad SMARTS) is 1. The first-order valence-corrected chi connectivity index (χ1v) is 7.65. The van der Waals surface area contributed by atoms with Gasteiger partial charge in [0.2, 0.25) is 0 Å². The van der Waals surface area contributed by atoms with E-state index in [-0.39, 0.29) is 5.60 Å². The number of hydrogen-bond donors (Lipinski definition) is 1. The van der Waals surface area contributed by atoms with E-state index in [0.717, 1.165) is 38.8 Å². The second-order valence-corrected chi connectivity index (χ2v) is 6.97. The molecule has 19 heavy (non-hydrogen) atoms. The molecule has 3 fully saturated rings. The van der Waals surface area contributed by atoms with E-state index < -0.39 is 11.4 Å². The Morgan fingerprint density at radius 2 is 2.11 bits per heavy atom. The molecule has 2 heterocycles. The van der Waals surface area contributed by atoms with Crippen molar-refractivity contribution in [1.29, 1.82) is 0 Å². The van der Waals surface area contributed by atoms with Crippen molar-refractivity contribution < 1.29 is 14.6 Å². The molecule has 0 aromatic heterocycles. The summed E-state index contributed by atoms with van der Waals surface area (Å²) in [4.78, 5) is 13.9. The molecule has 0 aromatic carbocycles. The molecular formula is C15H25NO3. The average Bonchev–Trinajstić information content (AvgIpc) is 2.37. The number of nitrogens with zero attached hydrogens (tertiary/aromatic N) is 1. The fourth-order valence-electron chi connectivity index (χ4n) is 4.00. The van der Waals surface area contributed by atoms with Gasteiger partial charge in [0.05, 0.1) is 11.0 Å². The summed E-state index contributed by atoms with van der Waals surface area (Å²) in [6.45, 7) is 4.53. The predicted octanol–water partition coefficient (Wildman–Crippen LogP) is 2.27. The third kappa shape index (κ3) is 2.40. The Hall–Kier alpha value is -0.610. The maximum atomic E-state index is 11.4. The lowest BCUT2D eigenvalue weighted by molar-refractivity contribution is -0.162. The highest BCUT2D eigenvalue weighted by molar-refractivity contribution is 5.74. The van der Waals surface area contributed by atoms with E-state index >= 15 is 0 Å². The van der Waals surface area contributed by atoms with Crippen LogP contribution < -0.4 is 0 Å². The summed E-state index contributed by atoms with van der Waals surface area (Å²) in [5.41, 5.74) is -0.399. The zero-order valence-corrected chi connectivity index (χ0v) is 11.9. The molecule has 0 aromatic rings. The normalized spacial score (nSPS) is 38.9. The number of rotatable bonds is 2. The molecule has 2 unspecified atom stereocenters. The molecule has 3 aliphatic rings. The van der Waals surface area contributed by atoms with Gasteiger partial charge in [-0.25, -0.2) is 0 Å². The molecule has 1 spiro atoms. The number of hydrogen-bond acceptors (Lipinski definition) is 3. The zero-order chi connectivity index (χ0) is 13.5. The van der Waals surface area contributed by atoms with Gasteiger partial charge in [-0.15, -0.1) is 0 Å². The minimum atomic E-state index is -0.636. The van der Waals surface area contributed by atoms with E-state index in [0.29, 0.717) is 12.6 Å². The highest BCUT2D eigenvalue weighted by Gasteiger charge is 2.46. The molecule has 1 aliphatic carbocycles. The van der Waals surface area contributed by atoms with Crippen molar-refractivity contribution in [3.8, 4) is 0 Å². The molecule has 0 bridgehead atoms. The molecule has 0 amide bonds. The zero-order valence-electron chi connectivity index (χ0n) is 11.9. The minimum Gasteiger partial charge on any atom is -0.481 e. The van der Waals surface area contributed by atoms with E-state index in [1.165, 1.54) is 19.3 Å². The van der Waals surface area contributed by atoms with Gasteiger partial charge >= 0.3 is 5.97 Å². The molecule has 2 saturated heterocycles. The summed E-state index contributed by atoms with van der Waals surface area (Å²) in [6, 6.07) is 0.535. The maximum Gasteiger partial charge on any atom is 0.310 e. The number of ether oxygens (including phenoxy) is 1. The number of carbonyl (C=O) groups is 1. The van der Waals surface area contributed by atoms with Gasteiger partial charge in [-0.3, -0.25) is 9.69 Å². The average molecular weight is 267 g/mol. The summed E-state index contributed by atoms with van der Waals surface area (Å²) in [5.74, 6) is -0.636. The summed E-state index contributed by atoms with van der Waals surface area (Å²) >= 11 is 0. The van der Waals surface area contributed by atoms with E-state index in [9.17, 15) is 9.90 Å². The molecule has 0 radical (unpaired) electrons. The fourth-order valence-corrected chi connectivity index (χ4v) is 4.00. The Labute approximate surface area is 115 Å². The molecule has 3 rings (SSSR count). The first-order chi connectivity index (χ1) is 9.03. The smallest absolute Gasteiger partial charge is 0.310 e. The molecule has 1 N–H and O–H groups in total. The standard InChI is InChI=1S/C15H25NO3/c1-14(13(17)18)5-3-8-16(11-14)12-4-9-19-15(10-12)6-2-7-15/h12H,2-11H2,1H3,(H,17,18). The van der Waals surface area contributed by atoms with Crippen LogP contribution in [0.25, 0.3) is 0 Å². The van der Waals surface area contributed by atoms with Crippen molar-refractivity contribution in [2.45, 2.75) is 63.5 Å². The van der Waals surface area contributed by atoms with Crippen molar-refractivity contribution in [3.05, 3.63) is 0 Å². The summed E-state index contributed by atoms with van der Waals surface area (Å²) < 4.78 is 5.98. The third-order valence-corrected chi connectivity index (χ3v) is 5.49. The Morgan fingerprint density at radius 3 is 2.74 bits per heavy atom. The largest absolute Gasteiger partial charge is 0.481 e. The minimum absolute atomic E-state index is 0.153. The van der Waals surface area contributed by atoms with Crippen LogP contribution in [0.4, 0.5) is 0 Å². The van der Waals surface area contributed by atoms with E-state index in [1.807, 2.05) is 6.92 Å². The van der Waals surface area contributed by atoms with Gasteiger partial charge in [-0.05, 0) is 58.4 Å². The van der Waals surface area contributed by atoms with Gasteiger partial charge < -0.3 is 9.84 Å². The van der Waals surface area contributed by atoms with Gasteiger partial charge in [0.15, 0.2) is 0 Å². The van der Waals surface area contributed by atoms with E-state index in [2.05, 4.69) is 4.90 Å². The van der Waals surface area contributed by atoms with Gasteiger partial charge in [0.1, 0.15) is 0 Å².